The Morgan fingerprint density at radius 3 is 2.68 bits per heavy atom. The van der Waals surface area contributed by atoms with Crippen LogP contribution in [0.25, 0.3) is 0 Å². The van der Waals surface area contributed by atoms with E-state index in [0.29, 0.717) is 6.54 Å². The van der Waals surface area contributed by atoms with Crippen molar-refractivity contribution in [1.29, 1.82) is 0 Å². The lowest BCUT2D eigenvalue weighted by Gasteiger charge is -2.36. The number of ether oxygens (including phenoxy) is 1. The maximum atomic E-state index is 13.5. The number of sulfonamides is 1. The van der Waals surface area contributed by atoms with E-state index in [-0.39, 0.29) is 35.1 Å². The normalized spacial score (nSPS) is 21.0. The molecule has 5 nitrogen and oxygen atoms in total. The van der Waals surface area contributed by atoms with E-state index >= 15 is 0 Å². The molecule has 1 fully saturated rings. The van der Waals surface area contributed by atoms with Crippen molar-refractivity contribution in [1.82, 2.24) is 4.31 Å². The van der Waals surface area contributed by atoms with Gasteiger partial charge in [0.05, 0.1) is 12.0 Å². The van der Waals surface area contributed by atoms with E-state index < -0.39 is 15.8 Å². The molecule has 0 aliphatic carbocycles. The van der Waals surface area contributed by atoms with Crippen LogP contribution in [0.1, 0.15) is 26.2 Å². The van der Waals surface area contributed by atoms with Crippen LogP contribution >= 0.6 is 12.4 Å². The minimum atomic E-state index is -3.70. The van der Waals surface area contributed by atoms with Crippen LogP contribution in [0.4, 0.5) is 4.39 Å². The van der Waals surface area contributed by atoms with Gasteiger partial charge in [-0.15, -0.1) is 12.4 Å². The highest BCUT2D eigenvalue weighted by atomic mass is 35.5. The number of methoxy groups -OCH3 is 1. The lowest BCUT2D eigenvalue weighted by molar-refractivity contribution is 0.227. The maximum Gasteiger partial charge on any atom is 0.243 e. The lowest BCUT2D eigenvalue weighted by Crippen LogP contribution is -2.51. The second-order valence-corrected chi connectivity index (χ2v) is 7.22. The van der Waals surface area contributed by atoms with Crippen molar-refractivity contribution in [2.75, 3.05) is 13.7 Å². The lowest BCUT2D eigenvalue weighted by atomic mass is 10.00. The predicted molar refractivity (Wildman–Crippen MR) is 85.4 cm³/mol. The predicted octanol–water partition coefficient (Wildman–Crippen LogP) is 2.15. The third-order valence-electron chi connectivity index (χ3n) is 3.83. The van der Waals surface area contributed by atoms with Crippen molar-refractivity contribution in [3.8, 4) is 5.75 Å². The van der Waals surface area contributed by atoms with Crippen LogP contribution in [0, 0.1) is 5.82 Å². The van der Waals surface area contributed by atoms with E-state index in [4.69, 9.17) is 10.5 Å². The van der Waals surface area contributed by atoms with Crippen LogP contribution in [0.15, 0.2) is 23.1 Å². The number of nitrogens with zero attached hydrogens (tertiary/aromatic N) is 1. The fraction of sp³-hybridized carbons (Fsp3) is 0.571. The zero-order valence-corrected chi connectivity index (χ0v) is 14.3. The van der Waals surface area contributed by atoms with Crippen LogP contribution in [-0.2, 0) is 10.0 Å². The molecule has 1 aliphatic heterocycles. The summed E-state index contributed by atoms with van der Waals surface area (Å²) in [6.07, 6.45) is 2.51. The highest BCUT2D eigenvalue weighted by Crippen LogP contribution is 2.29. The first-order chi connectivity index (χ1) is 9.87. The van der Waals surface area contributed by atoms with Crippen molar-refractivity contribution < 1.29 is 17.5 Å². The topological polar surface area (TPSA) is 72.6 Å². The second kappa shape index (κ2) is 7.59. The molecule has 1 aromatic carbocycles. The summed E-state index contributed by atoms with van der Waals surface area (Å²) in [5.41, 5.74) is 5.92. The molecule has 2 rings (SSSR count). The van der Waals surface area contributed by atoms with Gasteiger partial charge in [-0.3, -0.25) is 0 Å². The van der Waals surface area contributed by atoms with Gasteiger partial charge in [0.25, 0.3) is 0 Å². The molecule has 0 radical (unpaired) electrons. The van der Waals surface area contributed by atoms with Crippen molar-refractivity contribution in [3.63, 3.8) is 0 Å². The van der Waals surface area contributed by atoms with Gasteiger partial charge in [0.1, 0.15) is 0 Å². The molecule has 2 atom stereocenters. The molecule has 126 valence electrons. The highest BCUT2D eigenvalue weighted by Gasteiger charge is 2.35. The minimum absolute atomic E-state index is 0. The summed E-state index contributed by atoms with van der Waals surface area (Å²) in [6.45, 7) is 2.25. The van der Waals surface area contributed by atoms with Crippen LogP contribution in [0.5, 0.6) is 5.75 Å². The first-order valence-electron chi connectivity index (χ1n) is 6.99. The molecule has 2 N–H and O–H groups in total. The van der Waals surface area contributed by atoms with Gasteiger partial charge >= 0.3 is 0 Å². The molecule has 22 heavy (non-hydrogen) atoms. The SMILES string of the molecule is COc1cc(S(=O)(=O)N2CCCCC2C(C)N)ccc1F.Cl. The van der Waals surface area contributed by atoms with E-state index in [1.165, 1.54) is 23.5 Å². The average molecular weight is 353 g/mol. The number of hydrogen-bond donors (Lipinski definition) is 1. The third-order valence-corrected chi connectivity index (χ3v) is 5.75. The Morgan fingerprint density at radius 2 is 2.09 bits per heavy atom. The van der Waals surface area contributed by atoms with Crippen molar-refractivity contribution in [2.24, 2.45) is 5.73 Å². The van der Waals surface area contributed by atoms with Gasteiger partial charge in [0.15, 0.2) is 11.6 Å². The Morgan fingerprint density at radius 1 is 1.41 bits per heavy atom. The second-order valence-electron chi connectivity index (χ2n) is 5.33. The van der Waals surface area contributed by atoms with Gasteiger partial charge in [0, 0.05) is 24.7 Å². The summed E-state index contributed by atoms with van der Waals surface area (Å²) < 4.78 is 45.3. The maximum absolute atomic E-state index is 13.5. The van der Waals surface area contributed by atoms with Gasteiger partial charge in [-0.2, -0.15) is 4.31 Å². The molecular formula is C14H22ClFN2O3S. The van der Waals surface area contributed by atoms with E-state index in [9.17, 15) is 12.8 Å². The molecule has 0 saturated carbocycles. The zero-order chi connectivity index (χ0) is 15.6. The number of rotatable bonds is 4. The summed E-state index contributed by atoms with van der Waals surface area (Å²) in [5.74, 6) is -0.663. The minimum Gasteiger partial charge on any atom is -0.494 e. The molecule has 0 aromatic heterocycles. The third kappa shape index (κ3) is 3.71. The van der Waals surface area contributed by atoms with E-state index in [1.54, 1.807) is 0 Å². The Hall–Kier alpha value is -0.890. The summed E-state index contributed by atoms with van der Waals surface area (Å²) >= 11 is 0. The summed E-state index contributed by atoms with van der Waals surface area (Å²) in [5, 5.41) is 0. The monoisotopic (exact) mass is 352 g/mol. The molecule has 1 aromatic rings. The Bertz CT molecular complexity index is 610. The zero-order valence-electron chi connectivity index (χ0n) is 12.7. The summed E-state index contributed by atoms with van der Waals surface area (Å²) in [7, 11) is -2.39. The number of piperidine rings is 1. The Labute approximate surface area is 137 Å². The standard InChI is InChI=1S/C14H21FN2O3S.ClH/c1-10(16)13-5-3-4-8-17(13)21(18,19)11-6-7-12(15)14(9-11)20-2;/h6-7,9-10,13H,3-5,8,16H2,1-2H3;1H. The van der Waals surface area contributed by atoms with Gasteiger partial charge in [-0.1, -0.05) is 6.42 Å². The first-order valence-corrected chi connectivity index (χ1v) is 8.43. The fourth-order valence-electron chi connectivity index (χ4n) is 2.69. The van der Waals surface area contributed by atoms with Crippen LogP contribution in [0.3, 0.4) is 0 Å². The van der Waals surface area contributed by atoms with Crippen LogP contribution in [-0.4, -0.2) is 38.5 Å². The van der Waals surface area contributed by atoms with E-state index in [2.05, 4.69) is 0 Å². The van der Waals surface area contributed by atoms with Crippen molar-refractivity contribution in [2.45, 2.75) is 43.2 Å². The molecule has 8 heteroatoms. The van der Waals surface area contributed by atoms with Crippen molar-refractivity contribution >= 4 is 22.4 Å². The van der Waals surface area contributed by atoms with Gasteiger partial charge in [-0.05, 0) is 31.9 Å². The largest absolute Gasteiger partial charge is 0.494 e. The molecule has 0 spiro atoms. The van der Waals surface area contributed by atoms with Crippen LogP contribution in [0.2, 0.25) is 0 Å². The van der Waals surface area contributed by atoms with E-state index in [1.807, 2.05) is 6.92 Å². The van der Waals surface area contributed by atoms with Gasteiger partial charge in [-0.25, -0.2) is 12.8 Å². The van der Waals surface area contributed by atoms with E-state index in [0.717, 1.165) is 25.3 Å². The number of halogens is 2. The fourth-order valence-corrected chi connectivity index (χ4v) is 4.48. The summed E-state index contributed by atoms with van der Waals surface area (Å²) in [6, 6.07) is 3.12. The Balaban J connectivity index is 0.00000242. The van der Waals surface area contributed by atoms with Crippen molar-refractivity contribution in [3.05, 3.63) is 24.0 Å². The first kappa shape index (κ1) is 19.2. The van der Waals surface area contributed by atoms with Gasteiger partial charge in [0.2, 0.25) is 10.0 Å². The smallest absolute Gasteiger partial charge is 0.243 e. The van der Waals surface area contributed by atoms with Gasteiger partial charge < -0.3 is 10.5 Å². The van der Waals surface area contributed by atoms with Crippen LogP contribution < -0.4 is 10.5 Å². The number of nitrogens with two attached hydrogens (primary N) is 1. The molecule has 1 heterocycles. The highest BCUT2D eigenvalue weighted by molar-refractivity contribution is 7.89. The number of hydrogen-bond acceptors (Lipinski definition) is 4. The molecule has 2 unspecified atom stereocenters. The molecular weight excluding hydrogens is 331 g/mol. The molecule has 0 amide bonds. The number of benzene rings is 1. The summed E-state index contributed by atoms with van der Waals surface area (Å²) in [4.78, 5) is 0.0355. The quantitative estimate of drug-likeness (QED) is 0.901. The molecule has 0 bridgehead atoms. The molecule has 1 saturated heterocycles. The molecule has 1 aliphatic rings. The Kier molecular flexibility index (Phi) is 6.61. The average Bonchev–Trinajstić information content (AvgIpc) is 2.47.